The van der Waals surface area contributed by atoms with Gasteiger partial charge in [-0.1, -0.05) is 17.7 Å². The van der Waals surface area contributed by atoms with Crippen LogP contribution in [0.3, 0.4) is 0 Å². The lowest BCUT2D eigenvalue weighted by molar-refractivity contribution is -0.137. The van der Waals surface area contributed by atoms with Crippen LogP contribution in [0.15, 0.2) is 42.6 Å². The number of piperidine rings is 1. The molecule has 1 N–H and O–H groups in total. The molecular weight excluding hydrogens is 459 g/mol. The van der Waals surface area contributed by atoms with Crippen molar-refractivity contribution in [2.75, 3.05) is 44.2 Å². The number of carbonyl (C=O) groups excluding carboxylic acids is 2. The Morgan fingerprint density at radius 2 is 1.69 bits per heavy atom. The zero-order valence-electron chi connectivity index (χ0n) is 19.7. The van der Waals surface area contributed by atoms with Crippen LogP contribution in [0.2, 0.25) is 0 Å². The highest BCUT2D eigenvalue weighted by atomic mass is 19.4. The van der Waals surface area contributed by atoms with Gasteiger partial charge < -0.3 is 20.0 Å². The summed E-state index contributed by atoms with van der Waals surface area (Å²) in [5, 5.41) is 3.09. The predicted octanol–water partition coefficient (Wildman–Crippen LogP) is 3.94. The molecule has 3 amide bonds. The van der Waals surface area contributed by atoms with Crippen molar-refractivity contribution >= 4 is 17.8 Å². The third-order valence-electron chi connectivity index (χ3n) is 6.56. The number of carbonyl (C=O) groups is 2. The predicted molar refractivity (Wildman–Crippen MR) is 126 cm³/mol. The number of aryl methyl sites for hydroxylation is 1. The summed E-state index contributed by atoms with van der Waals surface area (Å²) in [5.41, 5.74) is 0.934. The van der Waals surface area contributed by atoms with Gasteiger partial charge in [0.2, 0.25) is 0 Å². The number of rotatable bonds is 3. The molecule has 1 aromatic carbocycles. The highest BCUT2D eigenvalue weighted by molar-refractivity contribution is 5.94. The van der Waals surface area contributed by atoms with E-state index < -0.39 is 11.7 Å². The second-order valence-electron chi connectivity index (χ2n) is 9.12. The van der Waals surface area contributed by atoms with E-state index in [1.807, 2.05) is 36.1 Å². The van der Waals surface area contributed by atoms with Crippen LogP contribution in [0.1, 0.15) is 40.7 Å². The van der Waals surface area contributed by atoms with E-state index in [1.165, 1.54) is 6.07 Å². The summed E-state index contributed by atoms with van der Waals surface area (Å²) in [5.74, 6) is 0.494. The first kappa shape index (κ1) is 24.8. The molecule has 7 nitrogen and oxygen atoms in total. The van der Waals surface area contributed by atoms with Gasteiger partial charge in [-0.2, -0.15) is 13.2 Å². The number of hydrogen-bond acceptors (Lipinski definition) is 4. The third kappa shape index (κ3) is 6.23. The summed E-state index contributed by atoms with van der Waals surface area (Å²) in [4.78, 5) is 35.2. The number of amides is 3. The van der Waals surface area contributed by atoms with Crippen molar-refractivity contribution < 1.29 is 22.8 Å². The molecule has 2 aliphatic heterocycles. The van der Waals surface area contributed by atoms with E-state index in [1.54, 1.807) is 9.80 Å². The number of urea groups is 1. The van der Waals surface area contributed by atoms with Gasteiger partial charge in [-0.3, -0.25) is 4.79 Å². The summed E-state index contributed by atoms with van der Waals surface area (Å²) in [6, 6.07) is 9.81. The fourth-order valence-corrected chi connectivity index (χ4v) is 4.54. The topological polar surface area (TPSA) is 68.8 Å². The number of aromatic nitrogens is 1. The molecule has 1 aromatic heterocycles. The van der Waals surface area contributed by atoms with Gasteiger partial charge in [-0.05, 0) is 50.5 Å². The van der Waals surface area contributed by atoms with E-state index in [9.17, 15) is 22.8 Å². The number of anilines is 1. The van der Waals surface area contributed by atoms with E-state index in [-0.39, 0.29) is 18.0 Å². The molecule has 0 saturated carbocycles. The molecule has 0 atom stereocenters. The average molecular weight is 490 g/mol. The smallest absolute Gasteiger partial charge is 0.356 e. The zero-order chi connectivity index (χ0) is 25.0. The standard InChI is InChI=1S/C25H30F3N5O2/c1-18-4-2-5-19(16-18)23(34)32-10-3-11-33(15-14-32)24(35)30-21-8-12-31(13-9-21)22-7-6-20(17-29-22)25(26,27)28/h2,4-7,16-17,21H,3,8-15H2,1H3,(H,30,35). The minimum Gasteiger partial charge on any atom is -0.356 e. The summed E-state index contributed by atoms with van der Waals surface area (Å²) in [7, 11) is 0. The monoisotopic (exact) mass is 489 g/mol. The van der Waals surface area contributed by atoms with Crippen LogP contribution in [0.5, 0.6) is 0 Å². The lowest BCUT2D eigenvalue weighted by Crippen LogP contribution is -2.50. The minimum absolute atomic E-state index is 0.0125. The van der Waals surface area contributed by atoms with Gasteiger partial charge in [0.05, 0.1) is 5.56 Å². The van der Waals surface area contributed by atoms with Gasteiger partial charge in [0.15, 0.2) is 0 Å². The molecule has 0 unspecified atom stereocenters. The molecule has 10 heteroatoms. The lowest BCUT2D eigenvalue weighted by Gasteiger charge is -2.34. The van der Waals surface area contributed by atoms with Gasteiger partial charge in [0.25, 0.3) is 5.91 Å². The Morgan fingerprint density at radius 3 is 2.34 bits per heavy atom. The summed E-state index contributed by atoms with van der Waals surface area (Å²) in [6.45, 7) is 5.29. The molecule has 2 aromatic rings. The maximum Gasteiger partial charge on any atom is 0.417 e. The van der Waals surface area contributed by atoms with Gasteiger partial charge in [-0.15, -0.1) is 0 Å². The molecule has 0 bridgehead atoms. The van der Waals surface area contributed by atoms with Crippen molar-refractivity contribution in [2.45, 2.75) is 38.4 Å². The highest BCUT2D eigenvalue weighted by Crippen LogP contribution is 2.29. The summed E-state index contributed by atoms with van der Waals surface area (Å²) >= 11 is 0. The molecule has 0 aliphatic carbocycles. The first-order valence-corrected chi connectivity index (χ1v) is 11.9. The number of nitrogens with zero attached hydrogens (tertiary/aromatic N) is 4. The van der Waals surface area contributed by atoms with Gasteiger partial charge in [0, 0.05) is 57.1 Å². The van der Waals surface area contributed by atoms with Crippen molar-refractivity contribution in [2.24, 2.45) is 0 Å². The Hall–Kier alpha value is -3.30. The molecule has 2 aliphatic rings. The van der Waals surface area contributed by atoms with Crippen LogP contribution >= 0.6 is 0 Å². The van der Waals surface area contributed by atoms with E-state index >= 15 is 0 Å². The Morgan fingerprint density at radius 1 is 0.971 bits per heavy atom. The third-order valence-corrected chi connectivity index (χ3v) is 6.56. The van der Waals surface area contributed by atoms with Gasteiger partial charge >= 0.3 is 12.2 Å². The maximum absolute atomic E-state index is 12.9. The van der Waals surface area contributed by atoms with Crippen molar-refractivity contribution in [3.05, 3.63) is 59.3 Å². The average Bonchev–Trinajstić information content (AvgIpc) is 3.10. The molecule has 188 valence electrons. The molecule has 2 fully saturated rings. The number of nitrogens with one attached hydrogen (secondary N) is 1. The number of alkyl halides is 3. The highest BCUT2D eigenvalue weighted by Gasteiger charge is 2.31. The Balaban J connectivity index is 1.25. The molecule has 3 heterocycles. The quantitative estimate of drug-likeness (QED) is 0.710. The van der Waals surface area contributed by atoms with Crippen LogP contribution in [0, 0.1) is 6.92 Å². The largest absolute Gasteiger partial charge is 0.417 e. The zero-order valence-corrected chi connectivity index (χ0v) is 19.7. The normalized spacial score (nSPS) is 17.8. The summed E-state index contributed by atoms with van der Waals surface area (Å²) < 4.78 is 38.2. The Labute approximate surface area is 202 Å². The summed E-state index contributed by atoms with van der Waals surface area (Å²) in [6.07, 6.45) is -1.47. The van der Waals surface area contributed by atoms with E-state index in [4.69, 9.17) is 0 Å². The van der Waals surface area contributed by atoms with Crippen LogP contribution < -0.4 is 10.2 Å². The van der Waals surface area contributed by atoms with E-state index in [0.717, 1.165) is 17.8 Å². The number of hydrogen-bond donors (Lipinski definition) is 1. The van der Waals surface area contributed by atoms with Gasteiger partial charge in [0.1, 0.15) is 5.82 Å². The minimum atomic E-state index is -4.40. The van der Waals surface area contributed by atoms with Crippen molar-refractivity contribution in [1.82, 2.24) is 20.1 Å². The fraction of sp³-hybridized carbons (Fsp3) is 0.480. The number of pyridine rings is 1. The number of halogens is 3. The van der Waals surface area contributed by atoms with E-state index in [0.29, 0.717) is 69.9 Å². The second kappa shape index (κ2) is 10.5. The first-order chi connectivity index (χ1) is 16.7. The molecule has 35 heavy (non-hydrogen) atoms. The molecular formula is C25H30F3N5O2. The van der Waals surface area contributed by atoms with Crippen LogP contribution in [0.25, 0.3) is 0 Å². The van der Waals surface area contributed by atoms with E-state index in [2.05, 4.69) is 10.3 Å². The van der Waals surface area contributed by atoms with Crippen LogP contribution in [0.4, 0.5) is 23.8 Å². The molecule has 0 spiro atoms. The molecule has 4 rings (SSSR count). The van der Waals surface area contributed by atoms with Crippen molar-refractivity contribution in [3.63, 3.8) is 0 Å². The maximum atomic E-state index is 12.9. The lowest BCUT2D eigenvalue weighted by atomic mass is 10.1. The fourth-order valence-electron chi connectivity index (χ4n) is 4.54. The molecule has 0 radical (unpaired) electrons. The van der Waals surface area contributed by atoms with Crippen LogP contribution in [-0.2, 0) is 6.18 Å². The second-order valence-corrected chi connectivity index (χ2v) is 9.12. The molecule has 2 saturated heterocycles. The van der Waals surface area contributed by atoms with Crippen molar-refractivity contribution in [3.8, 4) is 0 Å². The Kier molecular flexibility index (Phi) is 7.47. The number of benzene rings is 1. The van der Waals surface area contributed by atoms with Crippen LogP contribution in [-0.4, -0.2) is 72.0 Å². The SMILES string of the molecule is Cc1cccc(C(=O)N2CCCN(C(=O)NC3CCN(c4ccc(C(F)(F)F)cn4)CC3)CC2)c1. The van der Waals surface area contributed by atoms with Crippen molar-refractivity contribution in [1.29, 1.82) is 0 Å². The van der Waals surface area contributed by atoms with Gasteiger partial charge in [-0.25, -0.2) is 9.78 Å². The Bertz CT molecular complexity index is 1040. The first-order valence-electron chi connectivity index (χ1n) is 11.9.